The van der Waals surface area contributed by atoms with Crippen LogP contribution in [0.5, 0.6) is 0 Å². The fourth-order valence-electron chi connectivity index (χ4n) is 3.53. The van der Waals surface area contributed by atoms with Crippen molar-refractivity contribution in [2.75, 3.05) is 40.9 Å². The van der Waals surface area contributed by atoms with Crippen LogP contribution in [0.3, 0.4) is 0 Å². The van der Waals surface area contributed by atoms with Crippen LogP contribution in [0.2, 0.25) is 0 Å². The molecule has 1 N–H and O–H groups in total. The van der Waals surface area contributed by atoms with E-state index in [9.17, 15) is 18.0 Å². The number of hydrogen-bond donors (Lipinski definition) is 1. The average Bonchev–Trinajstić information content (AvgIpc) is 3.22. The third-order valence-corrected chi connectivity index (χ3v) is 6.68. The molecule has 1 aromatic carbocycles. The minimum atomic E-state index is -3.05. The van der Waals surface area contributed by atoms with Crippen LogP contribution in [0, 0.1) is 0 Å². The van der Waals surface area contributed by atoms with Crippen LogP contribution < -0.4 is 15.1 Å². The van der Waals surface area contributed by atoms with E-state index in [1.54, 1.807) is 0 Å². The first-order valence-electron chi connectivity index (χ1n) is 8.97. The number of sulfone groups is 1. The van der Waals surface area contributed by atoms with Gasteiger partial charge in [0.05, 0.1) is 11.5 Å². The summed E-state index contributed by atoms with van der Waals surface area (Å²) in [5.74, 6) is -0.491. The monoisotopic (exact) mass is 379 g/mol. The van der Waals surface area contributed by atoms with E-state index >= 15 is 0 Å². The molecule has 2 amide bonds. The number of hydrogen-bond acceptors (Lipinski definition) is 5. The highest BCUT2D eigenvalue weighted by Crippen LogP contribution is 2.24. The first-order chi connectivity index (χ1) is 12.3. The number of rotatable bonds is 5. The Bertz CT molecular complexity index is 770. The Morgan fingerprint density at radius 1 is 1.19 bits per heavy atom. The number of carbonyl (C=O) groups excluding carboxylic acids is 2. The quantitative estimate of drug-likeness (QED) is 0.823. The Morgan fingerprint density at radius 3 is 2.38 bits per heavy atom. The standard InChI is InChI=1S/C18H25N3O4S/c1-14(22)21(12-18(23)19-15-8-11-26(24,25)13-15)17-6-4-16(5-7-17)20-9-2-3-10-20/h4-7,15H,2-3,8-13H2,1H3,(H,19,23). The van der Waals surface area contributed by atoms with Gasteiger partial charge < -0.3 is 15.1 Å². The van der Waals surface area contributed by atoms with Gasteiger partial charge in [0, 0.05) is 37.4 Å². The van der Waals surface area contributed by atoms with Gasteiger partial charge in [-0.1, -0.05) is 0 Å². The smallest absolute Gasteiger partial charge is 0.240 e. The van der Waals surface area contributed by atoms with Crippen LogP contribution in [0.15, 0.2) is 24.3 Å². The fourth-order valence-corrected chi connectivity index (χ4v) is 5.20. The van der Waals surface area contributed by atoms with E-state index in [1.807, 2.05) is 24.3 Å². The molecule has 1 unspecified atom stereocenters. The second kappa shape index (κ2) is 7.65. The Balaban J connectivity index is 1.63. The lowest BCUT2D eigenvalue weighted by atomic mass is 10.2. The van der Waals surface area contributed by atoms with Crippen LogP contribution >= 0.6 is 0 Å². The summed E-state index contributed by atoms with van der Waals surface area (Å²) in [6, 6.07) is 7.28. The highest BCUT2D eigenvalue weighted by molar-refractivity contribution is 7.91. The summed E-state index contributed by atoms with van der Waals surface area (Å²) in [5, 5.41) is 2.73. The molecule has 1 aromatic rings. The molecular formula is C18H25N3O4S. The van der Waals surface area contributed by atoms with E-state index in [0.717, 1.165) is 18.8 Å². The zero-order valence-electron chi connectivity index (χ0n) is 15.0. The molecule has 7 nitrogen and oxygen atoms in total. The van der Waals surface area contributed by atoms with Crippen molar-refractivity contribution in [3.05, 3.63) is 24.3 Å². The second-order valence-electron chi connectivity index (χ2n) is 6.98. The molecule has 142 valence electrons. The lowest BCUT2D eigenvalue weighted by molar-refractivity contribution is -0.123. The summed E-state index contributed by atoms with van der Waals surface area (Å²) >= 11 is 0. The van der Waals surface area contributed by atoms with Crippen LogP contribution in [0.25, 0.3) is 0 Å². The molecule has 0 spiro atoms. The highest BCUT2D eigenvalue weighted by atomic mass is 32.2. The van der Waals surface area contributed by atoms with E-state index in [2.05, 4.69) is 10.2 Å². The third-order valence-electron chi connectivity index (χ3n) is 4.91. The van der Waals surface area contributed by atoms with Gasteiger partial charge in [-0.05, 0) is 43.5 Å². The summed E-state index contributed by atoms with van der Waals surface area (Å²) in [7, 11) is -3.05. The SMILES string of the molecule is CC(=O)N(CC(=O)NC1CCS(=O)(=O)C1)c1ccc(N2CCCC2)cc1. The largest absolute Gasteiger partial charge is 0.372 e. The van der Waals surface area contributed by atoms with Gasteiger partial charge in [0.15, 0.2) is 9.84 Å². The Labute approximate surface area is 154 Å². The Hall–Kier alpha value is -2.09. The first-order valence-corrected chi connectivity index (χ1v) is 10.8. The summed E-state index contributed by atoms with van der Waals surface area (Å²) in [6.45, 7) is 3.39. The fraction of sp³-hybridized carbons (Fsp3) is 0.556. The van der Waals surface area contributed by atoms with E-state index in [0.29, 0.717) is 12.1 Å². The predicted octanol–water partition coefficient (Wildman–Crippen LogP) is 0.943. The molecular weight excluding hydrogens is 354 g/mol. The zero-order chi connectivity index (χ0) is 18.7. The van der Waals surface area contributed by atoms with Gasteiger partial charge in [-0.2, -0.15) is 0 Å². The molecule has 2 aliphatic heterocycles. The second-order valence-corrected chi connectivity index (χ2v) is 9.21. The molecule has 2 heterocycles. The number of nitrogens with zero attached hydrogens (tertiary/aromatic N) is 2. The minimum Gasteiger partial charge on any atom is -0.372 e. The average molecular weight is 379 g/mol. The summed E-state index contributed by atoms with van der Waals surface area (Å²) in [4.78, 5) is 28.0. The van der Waals surface area contributed by atoms with Gasteiger partial charge >= 0.3 is 0 Å². The zero-order valence-corrected chi connectivity index (χ0v) is 15.8. The molecule has 3 rings (SSSR count). The molecule has 26 heavy (non-hydrogen) atoms. The lowest BCUT2D eigenvalue weighted by Crippen LogP contribution is -2.44. The topological polar surface area (TPSA) is 86.8 Å². The number of anilines is 2. The van der Waals surface area contributed by atoms with Gasteiger partial charge in [-0.15, -0.1) is 0 Å². The number of carbonyl (C=O) groups is 2. The Kier molecular flexibility index (Phi) is 5.50. The highest BCUT2D eigenvalue weighted by Gasteiger charge is 2.29. The van der Waals surface area contributed by atoms with E-state index in [1.165, 1.54) is 24.7 Å². The maximum atomic E-state index is 12.3. The molecule has 2 saturated heterocycles. The van der Waals surface area contributed by atoms with Gasteiger partial charge in [0.2, 0.25) is 11.8 Å². The summed E-state index contributed by atoms with van der Waals surface area (Å²) in [5.41, 5.74) is 1.78. The Morgan fingerprint density at radius 2 is 1.85 bits per heavy atom. The van der Waals surface area contributed by atoms with Crippen LogP contribution in [0.4, 0.5) is 11.4 Å². The van der Waals surface area contributed by atoms with Crippen molar-refractivity contribution in [2.45, 2.75) is 32.2 Å². The van der Waals surface area contributed by atoms with E-state index < -0.39 is 9.84 Å². The molecule has 0 bridgehead atoms. The maximum Gasteiger partial charge on any atom is 0.240 e. The molecule has 2 aliphatic rings. The molecule has 0 aliphatic carbocycles. The molecule has 0 aromatic heterocycles. The lowest BCUT2D eigenvalue weighted by Gasteiger charge is -2.23. The van der Waals surface area contributed by atoms with Crippen molar-refractivity contribution >= 4 is 33.0 Å². The van der Waals surface area contributed by atoms with Crippen molar-refractivity contribution in [2.24, 2.45) is 0 Å². The van der Waals surface area contributed by atoms with E-state index in [4.69, 9.17) is 0 Å². The molecule has 0 saturated carbocycles. The third kappa shape index (κ3) is 4.55. The number of benzene rings is 1. The predicted molar refractivity (Wildman–Crippen MR) is 101 cm³/mol. The van der Waals surface area contributed by atoms with Gasteiger partial charge in [0.25, 0.3) is 0 Å². The molecule has 1 atom stereocenters. The van der Waals surface area contributed by atoms with Crippen molar-refractivity contribution in [3.63, 3.8) is 0 Å². The van der Waals surface area contributed by atoms with Gasteiger partial charge in [0.1, 0.15) is 6.54 Å². The normalized spacial score (nSPS) is 21.6. The number of nitrogens with one attached hydrogen (secondary N) is 1. The van der Waals surface area contributed by atoms with Crippen molar-refractivity contribution in [3.8, 4) is 0 Å². The van der Waals surface area contributed by atoms with Gasteiger partial charge in [-0.25, -0.2) is 8.42 Å². The number of amides is 2. The minimum absolute atomic E-state index is 0.0245. The molecule has 2 fully saturated rings. The summed E-state index contributed by atoms with van der Waals surface area (Å²) in [6.07, 6.45) is 2.81. The summed E-state index contributed by atoms with van der Waals surface area (Å²) < 4.78 is 23.0. The van der Waals surface area contributed by atoms with Crippen LogP contribution in [-0.4, -0.2) is 57.4 Å². The maximum absolute atomic E-state index is 12.3. The van der Waals surface area contributed by atoms with Crippen molar-refractivity contribution < 1.29 is 18.0 Å². The van der Waals surface area contributed by atoms with Crippen molar-refractivity contribution in [1.29, 1.82) is 0 Å². The van der Waals surface area contributed by atoms with Crippen molar-refractivity contribution in [1.82, 2.24) is 5.32 Å². The van der Waals surface area contributed by atoms with Crippen LogP contribution in [0.1, 0.15) is 26.2 Å². The molecule has 0 radical (unpaired) electrons. The first kappa shape index (κ1) is 18.7. The van der Waals surface area contributed by atoms with Crippen LogP contribution in [-0.2, 0) is 19.4 Å². The molecule has 8 heteroatoms. The van der Waals surface area contributed by atoms with Gasteiger partial charge in [-0.3, -0.25) is 9.59 Å². The van der Waals surface area contributed by atoms with E-state index in [-0.39, 0.29) is 35.9 Å².